The van der Waals surface area contributed by atoms with Crippen LogP contribution in [-0.2, 0) is 16.1 Å². The predicted octanol–water partition coefficient (Wildman–Crippen LogP) is 4.44. The van der Waals surface area contributed by atoms with E-state index in [0.717, 1.165) is 37.0 Å². The summed E-state index contributed by atoms with van der Waals surface area (Å²) >= 11 is 0. The Morgan fingerprint density at radius 1 is 1.14 bits per heavy atom. The molecule has 5 aliphatic rings. The number of fused-ring (bicyclic) bond motifs is 7. The van der Waals surface area contributed by atoms with Gasteiger partial charge in [0.25, 0.3) is 0 Å². The number of aromatic amines is 1. The fourth-order valence-electron chi connectivity index (χ4n) is 10.1. The van der Waals surface area contributed by atoms with Crippen molar-refractivity contribution in [2.75, 3.05) is 7.05 Å². The van der Waals surface area contributed by atoms with E-state index < -0.39 is 0 Å². The second-order valence-corrected chi connectivity index (χ2v) is 13.3. The molecule has 36 heavy (non-hydrogen) atoms. The average Bonchev–Trinajstić information content (AvgIpc) is 3.33. The normalized spacial score (nSPS) is 40.6. The lowest BCUT2D eigenvalue weighted by Crippen LogP contribution is -2.65. The summed E-state index contributed by atoms with van der Waals surface area (Å²) in [6.45, 7) is 5.35. The van der Waals surface area contributed by atoms with Gasteiger partial charge in [-0.05, 0) is 97.5 Å². The third-order valence-electron chi connectivity index (χ3n) is 11.7. The van der Waals surface area contributed by atoms with Crippen molar-refractivity contribution >= 4 is 23.0 Å². The number of hydrogen-bond acceptors (Lipinski definition) is 4. The van der Waals surface area contributed by atoms with Crippen LogP contribution >= 0.6 is 0 Å². The van der Waals surface area contributed by atoms with E-state index in [9.17, 15) is 9.59 Å². The van der Waals surface area contributed by atoms with Crippen molar-refractivity contribution in [2.45, 2.75) is 84.2 Å². The summed E-state index contributed by atoms with van der Waals surface area (Å²) in [5, 5.41) is 3.22. The number of amides is 2. The Morgan fingerprint density at radius 3 is 2.72 bits per heavy atom. The zero-order valence-corrected chi connectivity index (χ0v) is 21.8. The van der Waals surface area contributed by atoms with Crippen molar-refractivity contribution in [1.29, 1.82) is 0 Å². The number of carbonyl (C=O) groups is 2. The number of likely N-dealkylation sites (tertiary alicyclic amines) is 1. The lowest BCUT2D eigenvalue weighted by atomic mass is 9.44. The van der Waals surface area contributed by atoms with Crippen LogP contribution in [0.5, 0.6) is 0 Å². The lowest BCUT2D eigenvalue weighted by molar-refractivity contribution is -0.174. The standard InChI is InChI=1S/C29H39N5O2/c1-27-10-8-19-17(15-29(12-13-29)26-28(19,2)11-9-23(35)34(26)3)18(27)6-7-20(27)25(36)31-16-22-32-21-5-4-14-30-24(21)33-22/h4-5,14,17-20,26H,6-13,15-16H2,1-3H3,(H,31,36)(H,30,32,33)/t17?,18-,19?,20+,26?,27-,28+/m0/s1. The van der Waals surface area contributed by atoms with E-state index in [-0.39, 0.29) is 22.7 Å². The third kappa shape index (κ3) is 3.03. The van der Waals surface area contributed by atoms with Gasteiger partial charge in [-0.1, -0.05) is 13.8 Å². The summed E-state index contributed by atoms with van der Waals surface area (Å²) in [6.07, 6.45) is 11.8. The Morgan fingerprint density at radius 2 is 1.94 bits per heavy atom. The smallest absolute Gasteiger partial charge is 0.224 e. The fraction of sp³-hybridized carbons (Fsp3) is 0.724. The summed E-state index contributed by atoms with van der Waals surface area (Å²) in [6, 6.07) is 4.26. The highest BCUT2D eigenvalue weighted by Crippen LogP contribution is 2.73. The van der Waals surface area contributed by atoms with E-state index in [1.54, 1.807) is 6.20 Å². The van der Waals surface area contributed by atoms with Crippen LogP contribution in [0.25, 0.3) is 11.2 Å². The maximum atomic E-state index is 13.6. The molecule has 2 N–H and O–H groups in total. The van der Waals surface area contributed by atoms with Gasteiger partial charge in [0.15, 0.2) is 5.65 Å². The first-order valence-corrected chi connectivity index (χ1v) is 14.1. The molecule has 3 heterocycles. The molecule has 5 fully saturated rings. The summed E-state index contributed by atoms with van der Waals surface area (Å²) in [7, 11) is 2.08. The number of H-pyrrole nitrogens is 1. The highest BCUT2D eigenvalue weighted by Gasteiger charge is 2.70. The number of hydrogen-bond donors (Lipinski definition) is 2. The first kappa shape index (κ1) is 22.7. The van der Waals surface area contributed by atoms with Gasteiger partial charge in [0.1, 0.15) is 5.82 Å². The van der Waals surface area contributed by atoms with Crippen LogP contribution in [0.3, 0.4) is 0 Å². The van der Waals surface area contributed by atoms with Gasteiger partial charge in [-0.3, -0.25) is 9.59 Å². The highest BCUT2D eigenvalue weighted by atomic mass is 16.2. The highest BCUT2D eigenvalue weighted by molar-refractivity contribution is 5.80. The summed E-state index contributed by atoms with van der Waals surface area (Å²) < 4.78 is 0. The minimum atomic E-state index is 0.0658. The van der Waals surface area contributed by atoms with Crippen molar-refractivity contribution in [3.05, 3.63) is 24.2 Å². The van der Waals surface area contributed by atoms with Crippen LogP contribution in [-0.4, -0.2) is 44.8 Å². The van der Waals surface area contributed by atoms with E-state index in [1.165, 1.54) is 25.7 Å². The van der Waals surface area contributed by atoms with Crippen LogP contribution in [0.2, 0.25) is 0 Å². The molecule has 192 valence electrons. The van der Waals surface area contributed by atoms with E-state index in [2.05, 4.69) is 46.1 Å². The molecule has 7 heteroatoms. The number of aromatic nitrogens is 3. The molecule has 0 bridgehead atoms. The number of rotatable bonds is 3. The van der Waals surface area contributed by atoms with Crippen molar-refractivity contribution in [3.8, 4) is 0 Å². The number of nitrogens with zero attached hydrogens (tertiary/aromatic N) is 3. The number of carbonyl (C=O) groups excluding carboxylic acids is 2. The lowest BCUT2D eigenvalue weighted by Gasteiger charge is -2.64. The molecule has 1 saturated heterocycles. The number of imidazole rings is 1. The SMILES string of the molecule is CN1C(=O)CC[C@]2(C)C3CC[C@]4(C)[C@@H](C(=O)NCc5nc6ncccc6[nH]5)CC[C@H]4C3CC3(CC3)C12. The number of nitrogens with one attached hydrogen (secondary N) is 2. The molecule has 0 aromatic carbocycles. The maximum absolute atomic E-state index is 13.6. The maximum Gasteiger partial charge on any atom is 0.224 e. The van der Waals surface area contributed by atoms with Crippen molar-refractivity contribution < 1.29 is 9.59 Å². The molecule has 4 saturated carbocycles. The number of pyridine rings is 1. The van der Waals surface area contributed by atoms with Crippen LogP contribution in [0.15, 0.2) is 18.3 Å². The van der Waals surface area contributed by atoms with Crippen LogP contribution in [0.4, 0.5) is 0 Å². The largest absolute Gasteiger partial charge is 0.349 e. The Bertz CT molecular complexity index is 1200. The van der Waals surface area contributed by atoms with Gasteiger partial charge in [-0.2, -0.15) is 0 Å². The number of piperidine rings is 1. The second-order valence-electron chi connectivity index (χ2n) is 13.3. The van der Waals surface area contributed by atoms with E-state index in [4.69, 9.17) is 0 Å². The monoisotopic (exact) mass is 489 g/mol. The van der Waals surface area contributed by atoms with Gasteiger partial charge in [-0.15, -0.1) is 0 Å². The van der Waals surface area contributed by atoms with Crippen LogP contribution in [0.1, 0.15) is 77.5 Å². The molecule has 1 spiro atoms. The second kappa shape index (κ2) is 7.55. The molecule has 2 aromatic heterocycles. The quantitative estimate of drug-likeness (QED) is 0.667. The van der Waals surface area contributed by atoms with E-state index in [0.29, 0.717) is 53.7 Å². The van der Waals surface area contributed by atoms with Gasteiger partial charge in [-0.25, -0.2) is 9.97 Å². The molecular weight excluding hydrogens is 450 g/mol. The van der Waals surface area contributed by atoms with Gasteiger partial charge >= 0.3 is 0 Å². The minimum absolute atomic E-state index is 0.0658. The zero-order valence-electron chi connectivity index (χ0n) is 21.8. The Balaban J connectivity index is 1.11. The molecule has 2 aromatic rings. The summed E-state index contributed by atoms with van der Waals surface area (Å²) in [4.78, 5) is 40.5. The molecule has 4 aliphatic carbocycles. The molecule has 2 amide bonds. The fourth-order valence-corrected chi connectivity index (χ4v) is 10.1. The molecular formula is C29H39N5O2. The molecule has 7 atom stereocenters. The van der Waals surface area contributed by atoms with Crippen molar-refractivity contribution in [1.82, 2.24) is 25.2 Å². The molecule has 3 unspecified atom stereocenters. The predicted molar refractivity (Wildman–Crippen MR) is 136 cm³/mol. The first-order valence-electron chi connectivity index (χ1n) is 14.1. The van der Waals surface area contributed by atoms with Gasteiger partial charge in [0, 0.05) is 31.6 Å². The van der Waals surface area contributed by atoms with Gasteiger partial charge in [0.2, 0.25) is 11.8 Å². The molecule has 1 aliphatic heterocycles. The van der Waals surface area contributed by atoms with Crippen LogP contribution < -0.4 is 5.32 Å². The minimum Gasteiger partial charge on any atom is -0.349 e. The summed E-state index contributed by atoms with van der Waals surface area (Å²) in [5.41, 5.74) is 2.21. The Labute approximate surface area is 213 Å². The van der Waals surface area contributed by atoms with Gasteiger partial charge < -0.3 is 15.2 Å². The van der Waals surface area contributed by atoms with E-state index in [1.807, 2.05) is 12.1 Å². The van der Waals surface area contributed by atoms with E-state index >= 15 is 0 Å². The molecule has 0 radical (unpaired) electrons. The first-order chi connectivity index (χ1) is 17.3. The van der Waals surface area contributed by atoms with Crippen molar-refractivity contribution in [2.24, 2.45) is 39.9 Å². The topological polar surface area (TPSA) is 91.0 Å². The van der Waals surface area contributed by atoms with Gasteiger partial charge in [0.05, 0.1) is 12.1 Å². The zero-order chi connectivity index (χ0) is 24.9. The molecule has 7 rings (SSSR count). The molecule has 7 nitrogen and oxygen atoms in total. The average molecular weight is 490 g/mol. The third-order valence-corrected chi connectivity index (χ3v) is 11.7. The Hall–Kier alpha value is -2.44. The van der Waals surface area contributed by atoms with Crippen molar-refractivity contribution in [3.63, 3.8) is 0 Å². The van der Waals surface area contributed by atoms with Crippen LogP contribution in [0, 0.1) is 39.9 Å². The summed E-state index contributed by atoms with van der Waals surface area (Å²) in [5.74, 6) is 3.35. The Kier molecular flexibility index (Phi) is 4.76.